The third-order valence-corrected chi connectivity index (χ3v) is 10.7. The molecular formula is C31H42N2O7Si. The molecule has 0 radical (unpaired) electrons. The summed E-state index contributed by atoms with van der Waals surface area (Å²) >= 11 is 0. The first kappa shape index (κ1) is 30.9. The highest BCUT2D eigenvalue weighted by Gasteiger charge is 2.50. The molecule has 0 aromatic heterocycles. The molecule has 10 heteroatoms. The van der Waals surface area contributed by atoms with Crippen LogP contribution < -0.4 is 4.90 Å². The minimum absolute atomic E-state index is 0.0825. The molecule has 2 saturated heterocycles. The normalized spacial score (nSPS) is 24.2. The number of aryl methyl sites for hydroxylation is 1. The van der Waals surface area contributed by atoms with Gasteiger partial charge in [0.15, 0.2) is 14.5 Å². The maximum Gasteiger partial charge on any atom is 0.304 e. The zero-order chi connectivity index (χ0) is 29.7. The van der Waals surface area contributed by atoms with Crippen LogP contribution in [0.1, 0.15) is 44.2 Å². The van der Waals surface area contributed by atoms with Crippen molar-refractivity contribution >= 4 is 31.8 Å². The number of rotatable bonds is 12. The summed E-state index contributed by atoms with van der Waals surface area (Å²) in [6.45, 7) is 7.78. The minimum Gasteiger partial charge on any atom is -0.441 e. The van der Waals surface area contributed by atoms with Gasteiger partial charge in [0.2, 0.25) is 11.8 Å². The molecule has 0 aliphatic carbocycles. The van der Waals surface area contributed by atoms with Crippen molar-refractivity contribution in [3.05, 3.63) is 65.7 Å². The summed E-state index contributed by atoms with van der Waals surface area (Å²) in [5, 5.41) is 9.60. The molecule has 2 aromatic carbocycles. The molecular weight excluding hydrogens is 540 g/mol. The van der Waals surface area contributed by atoms with Crippen LogP contribution in [0.5, 0.6) is 0 Å². The van der Waals surface area contributed by atoms with E-state index in [2.05, 4.69) is 6.92 Å². The standard InChI is InChI=1S/C31H42N2O7Si/c1-21-26(15-12-23-10-13-25(14-11-23)33-29(37)19-30(33)39-22(2)35)40-27(31(21)41(3,4)38)18-28(36)32(16-17-34)20-24-8-6-5-7-9-24/h5-11,13-14,21,26-27,30-31,34,38H,12,15-20H2,1-4H3/t21-,26+,27-,30?,31+/m1/s1. The van der Waals surface area contributed by atoms with Crippen LogP contribution in [0.15, 0.2) is 54.6 Å². The van der Waals surface area contributed by atoms with E-state index in [1.165, 1.54) is 11.8 Å². The van der Waals surface area contributed by atoms with E-state index in [0.717, 1.165) is 24.0 Å². The van der Waals surface area contributed by atoms with Gasteiger partial charge in [-0.25, -0.2) is 0 Å². The fourth-order valence-corrected chi connectivity index (χ4v) is 8.85. The molecule has 2 N–H and O–H groups in total. The molecule has 2 aromatic rings. The summed E-state index contributed by atoms with van der Waals surface area (Å²) in [6, 6.07) is 17.3. The second-order valence-electron chi connectivity index (χ2n) is 11.7. The van der Waals surface area contributed by atoms with Crippen LogP contribution in [0.2, 0.25) is 18.6 Å². The van der Waals surface area contributed by atoms with Gasteiger partial charge in [-0.05, 0) is 55.1 Å². The molecule has 2 heterocycles. The van der Waals surface area contributed by atoms with Gasteiger partial charge >= 0.3 is 5.97 Å². The van der Waals surface area contributed by atoms with Crippen molar-refractivity contribution in [3.8, 4) is 0 Å². The maximum absolute atomic E-state index is 13.4. The number of benzene rings is 2. The van der Waals surface area contributed by atoms with E-state index < -0.39 is 20.5 Å². The Kier molecular flexibility index (Phi) is 10.0. The summed E-state index contributed by atoms with van der Waals surface area (Å²) in [6.07, 6.45) is 0.778. The first-order valence-corrected chi connectivity index (χ1v) is 17.4. The van der Waals surface area contributed by atoms with Gasteiger partial charge in [0, 0.05) is 31.2 Å². The number of carbonyl (C=O) groups is 3. The smallest absolute Gasteiger partial charge is 0.304 e. The Labute approximate surface area is 243 Å². The van der Waals surface area contributed by atoms with E-state index in [0.29, 0.717) is 12.2 Å². The lowest BCUT2D eigenvalue weighted by atomic mass is 9.95. The number of β-lactam (4-membered cyclic amide) rings is 1. The molecule has 5 atom stereocenters. The van der Waals surface area contributed by atoms with Crippen LogP contribution in [-0.2, 0) is 36.8 Å². The van der Waals surface area contributed by atoms with E-state index in [1.807, 2.05) is 67.7 Å². The van der Waals surface area contributed by atoms with E-state index in [9.17, 15) is 24.3 Å². The quantitative estimate of drug-likeness (QED) is 0.223. The zero-order valence-corrected chi connectivity index (χ0v) is 25.4. The summed E-state index contributed by atoms with van der Waals surface area (Å²) in [5.41, 5.74) is 2.67. The Bertz CT molecular complexity index is 1200. The van der Waals surface area contributed by atoms with E-state index in [4.69, 9.17) is 9.47 Å². The SMILES string of the molecule is CC(=O)OC1CC(=O)N1c1ccc(CC[C@@H]2O[C@H](CC(=O)N(CCO)Cc3ccccc3)[C@@H]([Si](C)(C)O)[C@@H]2C)cc1. The van der Waals surface area contributed by atoms with E-state index in [-0.39, 0.29) is 61.5 Å². The number of aliphatic hydroxyl groups is 1. The zero-order valence-electron chi connectivity index (χ0n) is 24.4. The van der Waals surface area contributed by atoms with Crippen LogP contribution in [0.4, 0.5) is 5.69 Å². The predicted molar refractivity (Wildman–Crippen MR) is 157 cm³/mol. The Morgan fingerprint density at radius 3 is 2.34 bits per heavy atom. The number of nitrogens with zero attached hydrogens (tertiary/aromatic N) is 2. The average Bonchev–Trinajstić information content (AvgIpc) is 3.22. The van der Waals surface area contributed by atoms with Crippen LogP contribution >= 0.6 is 0 Å². The van der Waals surface area contributed by atoms with Crippen molar-refractivity contribution in [2.75, 3.05) is 18.1 Å². The number of hydrogen-bond acceptors (Lipinski definition) is 7. The Morgan fingerprint density at radius 1 is 1.07 bits per heavy atom. The van der Waals surface area contributed by atoms with Gasteiger partial charge in [0.1, 0.15) is 0 Å². The van der Waals surface area contributed by atoms with Crippen molar-refractivity contribution in [3.63, 3.8) is 0 Å². The van der Waals surface area contributed by atoms with Gasteiger partial charge in [-0.1, -0.05) is 49.4 Å². The van der Waals surface area contributed by atoms with Gasteiger partial charge < -0.3 is 24.3 Å². The van der Waals surface area contributed by atoms with E-state index in [1.54, 1.807) is 4.90 Å². The van der Waals surface area contributed by atoms with Crippen molar-refractivity contribution in [1.29, 1.82) is 0 Å². The molecule has 2 aliphatic rings. The number of aliphatic hydroxyl groups excluding tert-OH is 1. The van der Waals surface area contributed by atoms with Crippen LogP contribution in [0.3, 0.4) is 0 Å². The van der Waals surface area contributed by atoms with Crippen molar-refractivity contribution < 1.29 is 33.8 Å². The van der Waals surface area contributed by atoms with Gasteiger partial charge in [-0.15, -0.1) is 0 Å². The topological polar surface area (TPSA) is 117 Å². The average molecular weight is 583 g/mol. The monoisotopic (exact) mass is 582 g/mol. The molecule has 1 unspecified atom stereocenters. The number of esters is 1. The third-order valence-electron chi connectivity index (χ3n) is 8.17. The van der Waals surface area contributed by atoms with Gasteiger partial charge in [-0.3, -0.25) is 19.3 Å². The van der Waals surface area contributed by atoms with Gasteiger partial charge in [0.05, 0.1) is 31.7 Å². The minimum atomic E-state index is -2.66. The largest absolute Gasteiger partial charge is 0.441 e. The number of anilines is 1. The van der Waals surface area contributed by atoms with Crippen LogP contribution in [0.25, 0.3) is 0 Å². The van der Waals surface area contributed by atoms with Crippen LogP contribution in [0, 0.1) is 5.92 Å². The third kappa shape index (κ3) is 7.62. The molecule has 0 spiro atoms. The molecule has 9 nitrogen and oxygen atoms in total. The first-order chi connectivity index (χ1) is 19.5. The second-order valence-corrected chi connectivity index (χ2v) is 15.7. The first-order valence-electron chi connectivity index (χ1n) is 14.4. The highest BCUT2D eigenvalue weighted by molar-refractivity contribution is 6.71. The molecule has 4 rings (SSSR count). The highest BCUT2D eigenvalue weighted by Crippen LogP contribution is 2.45. The fourth-order valence-electron chi connectivity index (χ4n) is 6.24. The molecule has 2 amide bonds. The van der Waals surface area contributed by atoms with Gasteiger partial charge in [-0.2, -0.15) is 0 Å². The molecule has 41 heavy (non-hydrogen) atoms. The molecule has 0 bridgehead atoms. The van der Waals surface area contributed by atoms with Gasteiger partial charge in [0.25, 0.3) is 0 Å². The summed E-state index contributed by atoms with van der Waals surface area (Å²) < 4.78 is 11.7. The number of hydrogen-bond donors (Lipinski definition) is 2. The molecule has 222 valence electrons. The van der Waals surface area contributed by atoms with Crippen molar-refractivity contribution in [2.24, 2.45) is 5.92 Å². The predicted octanol–water partition coefficient (Wildman–Crippen LogP) is 3.63. The number of amides is 2. The molecule has 2 fully saturated rings. The van der Waals surface area contributed by atoms with Crippen molar-refractivity contribution in [2.45, 2.75) is 83.1 Å². The second kappa shape index (κ2) is 13.3. The summed E-state index contributed by atoms with van der Waals surface area (Å²) in [4.78, 5) is 51.1. The maximum atomic E-state index is 13.4. The molecule has 2 aliphatic heterocycles. The lowest BCUT2D eigenvalue weighted by Crippen LogP contribution is -2.54. The highest BCUT2D eigenvalue weighted by atomic mass is 28.4. The molecule has 0 saturated carbocycles. The lowest BCUT2D eigenvalue weighted by Gasteiger charge is -2.39. The lowest BCUT2D eigenvalue weighted by molar-refractivity contribution is -0.154. The van der Waals surface area contributed by atoms with E-state index >= 15 is 0 Å². The number of ether oxygens (including phenoxy) is 2. The summed E-state index contributed by atoms with van der Waals surface area (Å²) in [5.74, 6) is -0.505. The Morgan fingerprint density at radius 2 is 1.76 bits per heavy atom. The number of carbonyl (C=O) groups excluding carboxylic acids is 3. The van der Waals surface area contributed by atoms with Crippen LogP contribution in [-0.4, -0.2) is 72.5 Å². The Hall–Kier alpha value is -3.05. The fraction of sp³-hybridized carbons (Fsp3) is 0.516. The Balaban J connectivity index is 1.39. The van der Waals surface area contributed by atoms with Crippen molar-refractivity contribution in [1.82, 2.24) is 4.90 Å². The summed E-state index contributed by atoms with van der Waals surface area (Å²) in [7, 11) is -2.66.